The normalized spacial score (nSPS) is 18.7. The SMILES string of the molecule is COCCC(NC(=O)C1(CC(C)C)CCC1)C(=O)O. The van der Waals surface area contributed by atoms with Crippen molar-refractivity contribution >= 4 is 11.9 Å². The van der Waals surface area contributed by atoms with Crippen LogP contribution in [-0.2, 0) is 14.3 Å². The number of ether oxygens (including phenoxy) is 1. The third-order valence-electron chi connectivity index (χ3n) is 3.81. The van der Waals surface area contributed by atoms with Crippen LogP contribution in [0.25, 0.3) is 0 Å². The number of hydrogen-bond acceptors (Lipinski definition) is 3. The molecule has 5 nitrogen and oxygen atoms in total. The Balaban J connectivity index is 2.61. The summed E-state index contributed by atoms with van der Waals surface area (Å²) in [6.07, 6.45) is 3.92. The fraction of sp³-hybridized carbons (Fsp3) is 0.857. The maximum Gasteiger partial charge on any atom is 0.326 e. The quantitative estimate of drug-likeness (QED) is 0.706. The molecule has 2 N–H and O–H groups in total. The molecule has 1 fully saturated rings. The third kappa shape index (κ3) is 4.20. The van der Waals surface area contributed by atoms with Crippen LogP contribution in [0.5, 0.6) is 0 Å². The van der Waals surface area contributed by atoms with Gasteiger partial charge in [-0.3, -0.25) is 4.79 Å². The molecule has 1 aliphatic rings. The van der Waals surface area contributed by atoms with Crippen molar-refractivity contribution in [3.63, 3.8) is 0 Å². The Hall–Kier alpha value is -1.10. The van der Waals surface area contributed by atoms with Crippen LogP contribution in [0.4, 0.5) is 0 Å². The van der Waals surface area contributed by atoms with E-state index < -0.39 is 12.0 Å². The van der Waals surface area contributed by atoms with Gasteiger partial charge in [-0.25, -0.2) is 4.79 Å². The molecule has 110 valence electrons. The van der Waals surface area contributed by atoms with Crippen molar-refractivity contribution in [3.8, 4) is 0 Å². The van der Waals surface area contributed by atoms with Crippen molar-refractivity contribution in [2.24, 2.45) is 11.3 Å². The number of carboxylic acid groups (broad SMARTS) is 1. The molecule has 0 saturated heterocycles. The highest BCUT2D eigenvalue weighted by Gasteiger charge is 2.45. The predicted octanol–water partition coefficient (Wildman–Crippen LogP) is 1.81. The van der Waals surface area contributed by atoms with E-state index in [1.165, 1.54) is 7.11 Å². The van der Waals surface area contributed by atoms with Gasteiger partial charge in [0.15, 0.2) is 0 Å². The molecule has 0 aromatic carbocycles. The Kier molecular flexibility index (Phi) is 5.79. The highest BCUT2D eigenvalue weighted by molar-refractivity contribution is 5.88. The van der Waals surface area contributed by atoms with E-state index in [-0.39, 0.29) is 11.3 Å². The van der Waals surface area contributed by atoms with Crippen LogP contribution in [0.2, 0.25) is 0 Å². The van der Waals surface area contributed by atoms with E-state index in [1.54, 1.807) is 0 Å². The first-order valence-corrected chi connectivity index (χ1v) is 6.94. The number of carbonyl (C=O) groups is 2. The second-order valence-corrected chi connectivity index (χ2v) is 5.88. The second-order valence-electron chi connectivity index (χ2n) is 5.88. The Morgan fingerprint density at radius 1 is 1.37 bits per heavy atom. The van der Waals surface area contributed by atoms with Gasteiger partial charge in [-0.15, -0.1) is 0 Å². The lowest BCUT2D eigenvalue weighted by Gasteiger charge is -2.42. The highest BCUT2D eigenvalue weighted by atomic mass is 16.5. The van der Waals surface area contributed by atoms with E-state index in [9.17, 15) is 9.59 Å². The molecule has 19 heavy (non-hydrogen) atoms. The maximum absolute atomic E-state index is 12.3. The molecule has 1 rings (SSSR count). The average molecular weight is 271 g/mol. The van der Waals surface area contributed by atoms with Gasteiger partial charge in [0, 0.05) is 25.6 Å². The third-order valence-corrected chi connectivity index (χ3v) is 3.81. The number of aliphatic carboxylic acids is 1. The van der Waals surface area contributed by atoms with Crippen molar-refractivity contribution in [1.29, 1.82) is 0 Å². The second kappa shape index (κ2) is 6.89. The van der Waals surface area contributed by atoms with Gasteiger partial charge in [0.05, 0.1) is 0 Å². The summed E-state index contributed by atoms with van der Waals surface area (Å²) in [5.41, 5.74) is -0.338. The van der Waals surface area contributed by atoms with Gasteiger partial charge < -0.3 is 15.2 Å². The molecule has 0 heterocycles. The fourth-order valence-electron chi connectivity index (χ4n) is 2.71. The van der Waals surface area contributed by atoms with Gasteiger partial charge >= 0.3 is 5.97 Å². The molecule has 5 heteroatoms. The molecule has 1 atom stereocenters. The predicted molar refractivity (Wildman–Crippen MR) is 71.8 cm³/mol. The van der Waals surface area contributed by atoms with Crippen LogP contribution in [0.3, 0.4) is 0 Å². The van der Waals surface area contributed by atoms with Gasteiger partial charge in [0.25, 0.3) is 0 Å². The number of amides is 1. The minimum Gasteiger partial charge on any atom is -0.480 e. The van der Waals surface area contributed by atoms with Crippen molar-refractivity contribution in [3.05, 3.63) is 0 Å². The summed E-state index contributed by atoms with van der Waals surface area (Å²) in [6, 6.07) is -0.850. The average Bonchev–Trinajstić information content (AvgIpc) is 2.28. The number of rotatable bonds is 8. The first-order valence-electron chi connectivity index (χ1n) is 6.94. The largest absolute Gasteiger partial charge is 0.480 e. The molecular weight excluding hydrogens is 246 g/mol. The molecule has 1 unspecified atom stereocenters. The summed E-state index contributed by atoms with van der Waals surface area (Å²) in [4.78, 5) is 23.5. The van der Waals surface area contributed by atoms with Crippen LogP contribution in [0, 0.1) is 11.3 Å². The van der Waals surface area contributed by atoms with Gasteiger partial charge in [0.2, 0.25) is 5.91 Å². The van der Waals surface area contributed by atoms with Crippen LogP contribution < -0.4 is 5.32 Å². The molecule has 1 aliphatic carbocycles. The molecule has 0 bridgehead atoms. The lowest BCUT2D eigenvalue weighted by molar-refractivity contribution is -0.146. The lowest BCUT2D eigenvalue weighted by Crippen LogP contribution is -2.52. The Morgan fingerprint density at radius 2 is 2.00 bits per heavy atom. The molecule has 1 saturated carbocycles. The molecule has 0 radical (unpaired) electrons. The first-order chi connectivity index (χ1) is 8.91. The van der Waals surface area contributed by atoms with Crippen molar-refractivity contribution in [1.82, 2.24) is 5.32 Å². The van der Waals surface area contributed by atoms with E-state index in [0.29, 0.717) is 18.9 Å². The van der Waals surface area contributed by atoms with Gasteiger partial charge in [-0.1, -0.05) is 20.3 Å². The fourth-order valence-corrected chi connectivity index (χ4v) is 2.71. The van der Waals surface area contributed by atoms with Crippen LogP contribution in [0.1, 0.15) is 46.0 Å². The molecule has 0 aromatic heterocycles. The summed E-state index contributed by atoms with van der Waals surface area (Å²) in [5.74, 6) is -0.659. The maximum atomic E-state index is 12.3. The molecule has 0 aromatic rings. The molecular formula is C14H25NO4. The van der Waals surface area contributed by atoms with Crippen LogP contribution in [-0.4, -0.2) is 36.7 Å². The standard InChI is InChI=1S/C14H25NO4/c1-10(2)9-14(6-4-7-14)13(18)15-11(12(16)17)5-8-19-3/h10-11H,4-9H2,1-3H3,(H,15,18)(H,16,17). The Morgan fingerprint density at radius 3 is 2.37 bits per heavy atom. The van der Waals surface area contributed by atoms with E-state index in [1.807, 2.05) is 0 Å². The van der Waals surface area contributed by atoms with E-state index in [0.717, 1.165) is 25.7 Å². The van der Waals surface area contributed by atoms with E-state index >= 15 is 0 Å². The highest BCUT2D eigenvalue weighted by Crippen LogP contribution is 2.46. The Labute approximate surface area is 114 Å². The molecule has 0 aliphatic heterocycles. The zero-order valence-electron chi connectivity index (χ0n) is 12.1. The van der Waals surface area contributed by atoms with E-state index in [2.05, 4.69) is 19.2 Å². The minimum atomic E-state index is -0.996. The first kappa shape index (κ1) is 16.0. The van der Waals surface area contributed by atoms with Crippen LogP contribution in [0.15, 0.2) is 0 Å². The summed E-state index contributed by atoms with van der Waals surface area (Å²) in [5, 5.41) is 11.8. The van der Waals surface area contributed by atoms with Crippen molar-refractivity contribution in [2.45, 2.75) is 52.0 Å². The number of nitrogens with one attached hydrogen (secondary N) is 1. The van der Waals surface area contributed by atoms with Crippen molar-refractivity contribution in [2.75, 3.05) is 13.7 Å². The monoisotopic (exact) mass is 271 g/mol. The smallest absolute Gasteiger partial charge is 0.326 e. The zero-order chi connectivity index (χ0) is 14.5. The topological polar surface area (TPSA) is 75.6 Å². The number of methoxy groups -OCH3 is 1. The molecule has 1 amide bonds. The number of carbonyl (C=O) groups excluding carboxylic acids is 1. The summed E-state index contributed by atoms with van der Waals surface area (Å²) in [6.45, 7) is 4.51. The zero-order valence-corrected chi connectivity index (χ0v) is 12.1. The van der Waals surface area contributed by atoms with Crippen molar-refractivity contribution < 1.29 is 19.4 Å². The van der Waals surface area contributed by atoms with Crippen LogP contribution >= 0.6 is 0 Å². The summed E-state index contributed by atoms with van der Waals surface area (Å²) >= 11 is 0. The van der Waals surface area contributed by atoms with Gasteiger partial charge in [0.1, 0.15) is 6.04 Å². The Bertz CT molecular complexity index is 323. The minimum absolute atomic E-state index is 0.101. The lowest BCUT2D eigenvalue weighted by atomic mass is 9.64. The summed E-state index contributed by atoms with van der Waals surface area (Å²) < 4.78 is 4.88. The number of carboxylic acids is 1. The molecule has 0 spiro atoms. The van der Waals surface area contributed by atoms with E-state index in [4.69, 9.17) is 9.84 Å². The summed E-state index contributed by atoms with van der Waals surface area (Å²) in [7, 11) is 1.52. The number of hydrogen-bond donors (Lipinski definition) is 2. The van der Waals surface area contributed by atoms with Gasteiger partial charge in [-0.05, 0) is 25.2 Å². The van der Waals surface area contributed by atoms with Gasteiger partial charge in [-0.2, -0.15) is 0 Å².